The summed E-state index contributed by atoms with van der Waals surface area (Å²) in [6.45, 7) is 0. The van der Waals surface area contributed by atoms with Gasteiger partial charge in [-0.05, 0) is 51.6 Å². The van der Waals surface area contributed by atoms with E-state index in [9.17, 15) is 0 Å². The van der Waals surface area contributed by atoms with Gasteiger partial charge in [0, 0.05) is 10.8 Å². The molecule has 0 atom stereocenters. The lowest BCUT2D eigenvalue weighted by atomic mass is 9.93. The third kappa shape index (κ3) is 2.79. The average Bonchev–Trinajstić information content (AvgIpc) is 3.19. The van der Waals surface area contributed by atoms with Gasteiger partial charge < -0.3 is 4.42 Å². The van der Waals surface area contributed by atoms with Gasteiger partial charge in [0.05, 0.1) is 0 Å². The summed E-state index contributed by atoms with van der Waals surface area (Å²) in [6, 6.07) is 38.7. The second kappa shape index (κ2) is 6.89. The fourth-order valence-electron chi connectivity index (χ4n) is 4.51. The van der Waals surface area contributed by atoms with Gasteiger partial charge >= 0.3 is 0 Å². The monoisotopic (exact) mass is 384 g/mol. The van der Waals surface area contributed by atoms with Crippen LogP contribution in [0.25, 0.3) is 43.8 Å². The molecule has 0 spiro atoms. The molecule has 0 aliphatic rings. The van der Waals surface area contributed by atoms with E-state index in [4.69, 9.17) is 4.42 Å². The van der Waals surface area contributed by atoms with Gasteiger partial charge in [0.1, 0.15) is 11.2 Å². The van der Waals surface area contributed by atoms with E-state index >= 15 is 0 Å². The van der Waals surface area contributed by atoms with Crippen LogP contribution in [0.2, 0.25) is 0 Å². The topological polar surface area (TPSA) is 13.1 Å². The molecule has 30 heavy (non-hydrogen) atoms. The molecule has 0 unspecified atom stereocenters. The van der Waals surface area contributed by atoms with E-state index in [1.807, 2.05) is 12.1 Å². The number of rotatable bonds is 3. The summed E-state index contributed by atoms with van der Waals surface area (Å²) >= 11 is 0. The lowest BCUT2D eigenvalue weighted by Gasteiger charge is -2.11. The number of furan rings is 1. The average molecular weight is 384 g/mol. The molecule has 1 nitrogen and oxygen atoms in total. The maximum Gasteiger partial charge on any atom is 0.136 e. The number of benzene rings is 5. The SMILES string of the molecule is c1ccc(-c2ccccc2Cc2ccc3c(ccc4oc5ccccc5c43)c2)cc1. The molecule has 0 N–H and O–H groups in total. The van der Waals surface area contributed by atoms with Gasteiger partial charge in [-0.1, -0.05) is 97.1 Å². The summed E-state index contributed by atoms with van der Waals surface area (Å²) < 4.78 is 6.05. The van der Waals surface area contributed by atoms with Crippen LogP contribution in [-0.2, 0) is 6.42 Å². The summed E-state index contributed by atoms with van der Waals surface area (Å²) in [5.41, 5.74) is 7.12. The molecular weight excluding hydrogens is 364 g/mol. The van der Waals surface area contributed by atoms with E-state index in [0.29, 0.717) is 0 Å². The summed E-state index contributed by atoms with van der Waals surface area (Å²) in [5.74, 6) is 0. The van der Waals surface area contributed by atoms with Crippen molar-refractivity contribution < 1.29 is 4.42 Å². The first-order valence-electron chi connectivity index (χ1n) is 10.3. The molecule has 0 bridgehead atoms. The highest BCUT2D eigenvalue weighted by atomic mass is 16.3. The van der Waals surface area contributed by atoms with Crippen LogP contribution < -0.4 is 0 Å². The second-order valence-corrected chi connectivity index (χ2v) is 7.79. The zero-order valence-corrected chi connectivity index (χ0v) is 16.5. The molecule has 0 aliphatic carbocycles. The summed E-state index contributed by atoms with van der Waals surface area (Å²) in [5, 5.41) is 4.89. The van der Waals surface area contributed by atoms with E-state index in [1.165, 1.54) is 43.8 Å². The Balaban J connectivity index is 1.46. The molecule has 5 aromatic carbocycles. The Morgan fingerprint density at radius 2 is 1.37 bits per heavy atom. The van der Waals surface area contributed by atoms with Crippen LogP contribution in [0.15, 0.2) is 114 Å². The van der Waals surface area contributed by atoms with Gasteiger partial charge in [0.2, 0.25) is 0 Å². The van der Waals surface area contributed by atoms with Crippen molar-refractivity contribution in [1.82, 2.24) is 0 Å². The second-order valence-electron chi connectivity index (χ2n) is 7.79. The Hall–Kier alpha value is -3.84. The number of para-hydroxylation sites is 1. The van der Waals surface area contributed by atoms with Crippen molar-refractivity contribution >= 4 is 32.7 Å². The molecular formula is C29H20O. The molecule has 6 aromatic rings. The Labute approximate surface area is 175 Å². The van der Waals surface area contributed by atoms with Crippen molar-refractivity contribution in [3.63, 3.8) is 0 Å². The molecule has 0 saturated carbocycles. The smallest absolute Gasteiger partial charge is 0.136 e. The fourth-order valence-corrected chi connectivity index (χ4v) is 4.51. The van der Waals surface area contributed by atoms with Crippen molar-refractivity contribution in [2.45, 2.75) is 6.42 Å². The Bertz CT molecular complexity index is 1510. The Morgan fingerprint density at radius 1 is 0.567 bits per heavy atom. The minimum atomic E-state index is 0.908. The quantitative estimate of drug-likeness (QED) is 0.301. The zero-order valence-electron chi connectivity index (χ0n) is 16.5. The van der Waals surface area contributed by atoms with E-state index in [1.54, 1.807) is 0 Å². The van der Waals surface area contributed by atoms with Gasteiger partial charge in [-0.25, -0.2) is 0 Å². The lowest BCUT2D eigenvalue weighted by molar-refractivity contribution is 0.669. The van der Waals surface area contributed by atoms with Crippen LogP contribution in [0.5, 0.6) is 0 Å². The summed E-state index contributed by atoms with van der Waals surface area (Å²) in [7, 11) is 0. The van der Waals surface area contributed by atoms with Crippen LogP contribution in [0.4, 0.5) is 0 Å². The van der Waals surface area contributed by atoms with Crippen molar-refractivity contribution in [2.75, 3.05) is 0 Å². The molecule has 1 heteroatoms. The van der Waals surface area contributed by atoms with Crippen molar-refractivity contribution in [3.8, 4) is 11.1 Å². The van der Waals surface area contributed by atoms with Gasteiger partial charge in [0.25, 0.3) is 0 Å². The molecule has 0 saturated heterocycles. The summed E-state index contributed by atoms with van der Waals surface area (Å²) in [6.07, 6.45) is 0.908. The normalized spacial score (nSPS) is 11.5. The van der Waals surface area contributed by atoms with E-state index in [-0.39, 0.29) is 0 Å². The summed E-state index contributed by atoms with van der Waals surface area (Å²) in [4.78, 5) is 0. The van der Waals surface area contributed by atoms with Crippen LogP contribution in [0.1, 0.15) is 11.1 Å². The maximum absolute atomic E-state index is 6.05. The number of hydrogen-bond donors (Lipinski definition) is 0. The predicted molar refractivity (Wildman–Crippen MR) is 126 cm³/mol. The predicted octanol–water partition coefficient (Wildman–Crippen LogP) is 8.00. The van der Waals surface area contributed by atoms with Gasteiger partial charge in [-0.15, -0.1) is 0 Å². The third-order valence-corrected chi connectivity index (χ3v) is 5.92. The highest BCUT2D eigenvalue weighted by Crippen LogP contribution is 2.35. The van der Waals surface area contributed by atoms with Crippen LogP contribution >= 0.6 is 0 Å². The fraction of sp³-hybridized carbons (Fsp3) is 0.0345. The van der Waals surface area contributed by atoms with E-state index in [0.717, 1.165) is 17.6 Å². The van der Waals surface area contributed by atoms with Crippen LogP contribution in [0.3, 0.4) is 0 Å². The molecule has 0 aliphatic heterocycles. The standard InChI is InChI=1S/C29H20O/c1-2-8-21(9-3-1)24-11-5-4-10-22(24)18-20-14-16-25-23(19-20)15-17-28-29(25)26-12-6-7-13-27(26)30-28/h1-17,19H,18H2. The van der Waals surface area contributed by atoms with Crippen molar-refractivity contribution in [2.24, 2.45) is 0 Å². The van der Waals surface area contributed by atoms with Gasteiger partial charge in [-0.3, -0.25) is 0 Å². The number of fused-ring (bicyclic) bond motifs is 5. The Morgan fingerprint density at radius 3 is 2.30 bits per heavy atom. The molecule has 0 amide bonds. The lowest BCUT2D eigenvalue weighted by Crippen LogP contribution is -1.92. The highest BCUT2D eigenvalue weighted by molar-refractivity contribution is 6.18. The first-order chi connectivity index (χ1) is 14.9. The molecule has 1 aromatic heterocycles. The molecule has 142 valence electrons. The first kappa shape index (κ1) is 17.1. The minimum absolute atomic E-state index is 0.908. The van der Waals surface area contributed by atoms with Gasteiger partial charge in [-0.2, -0.15) is 0 Å². The molecule has 1 heterocycles. The van der Waals surface area contributed by atoms with E-state index in [2.05, 4.69) is 97.1 Å². The number of hydrogen-bond acceptors (Lipinski definition) is 1. The molecule has 0 radical (unpaired) electrons. The van der Waals surface area contributed by atoms with Gasteiger partial charge in [0.15, 0.2) is 0 Å². The maximum atomic E-state index is 6.05. The van der Waals surface area contributed by atoms with E-state index < -0.39 is 0 Å². The van der Waals surface area contributed by atoms with Crippen molar-refractivity contribution in [1.29, 1.82) is 0 Å². The molecule has 6 rings (SSSR count). The largest absolute Gasteiger partial charge is 0.456 e. The van der Waals surface area contributed by atoms with Crippen molar-refractivity contribution in [3.05, 3.63) is 120 Å². The minimum Gasteiger partial charge on any atom is -0.456 e. The zero-order chi connectivity index (χ0) is 19.9. The third-order valence-electron chi connectivity index (χ3n) is 5.92. The Kier molecular flexibility index (Phi) is 3.92. The highest BCUT2D eigenvalue weighted by Gasteiger charge is 2.11. The first-order valence-corrected chi connectivity index (χ1v) is 10.3. The molecule has 0 fully saturated rings. The van der Waals surface area contributed by atoms with Crippen LogP contribution in [0, 0.1) is 0 Å². The van der Waals surface area contributed by atoms with Crippen LogP contribution in [-0.4, -0.2) is 0 Å².